The quantitative estimate of drug-likeness (QED) is 0.0927. The fraction of sp³-hybridized carbons (Fsp3) is 0.0435. The molecule has 2 heteroatoms. The molecule has 0 radical (unpaired) electrons. The molecule has 71 heavy (non-hydrogen) atoms. The second-order valence-electron chi connectivity index (χ2n) is 18.2. The Morgan fingerprint density at radius 1 is 0.451 bits per heavy atom. The standard InChI is InChI=1S/C69H50N2/c1-3-18-51(4-2)69(52-20-6-5-7-21-52)65-28-15-12-25-60(65)61-44-43-56(46-66(61)69)70(54-41-35-49(36-42-54)64-45-50-19-8-9-22-57(50)58-23-10-11-24-59(58)64)53-37-31-47(32-38-53)48-33-39-55(40-34-48)71-67-29-16-13-26-62(67)63-27-14-17-30-68(63)71/h3-17,19-46,51H,1-2,18H2/i31D,32D,33D,34D,37D,38D,39D,40D. The van der Waals surface area contributed by atoms with Gasteiger partial charge in [-0.05, 0) is 151 Å². The highest BCUT2D eigenvalue weighted by molar-refractivity contribution is 6.14. The number of hydrogen-bond donors (Lipinski definition) is 0. The van der Waals surface area contributed by atoms with E-state index >= 15 is 0 Å². The molecule has 2 nitrogen and oxygen atoms in total. The number of para-hydroxylation sites is 2. The van der Waals surface area contributed by atoms with Gasteiger partial charge in [0, 0.05) is 33.5 Å². The van der Waals surface area contributed by atoms with E-state index in [9.17, 15) is 11.0 Å². The highest BCUT2D eigenvalue weighted by atomic mass is 15.1. The Balaban J connectivity index is 1.04. The molecule has 0 bridgehead atoms. The Kier molecular flexibility index (Phi) is 8.32. The second-order valence-corrected chi connectivity index (χ2v) is 18.2. The summed E-state index contributed by atoms with van der Waals surface area (Å²) >= 11 is 0. The minimum absolute atomic E-state index is 0.0199. The topological polar surface area (TPSA) is 8.17 Å². The molecule has 1 aliphatic carbocycles. The van der Waals surface area contributed by atoms with Crippen LogP contribution in [0.25, 0.3) is 82.4 Å². The fourth-order valence-electron chi connectivity index (χ4n) is 11.4. The molecule has 12 aromatic rings. The summed E-state index contributed by atoms with van der Waals surface area (Å²) in [5, 5.41) is 6.23. The first-order valence-corrected chi connectivity index (χ1v) is 24.0. The number of aromatic nitrogens is 1. The number of nitrogens with zero attached hydrogens (tertiary/aromatic N) is 2. The Bertz CT molecular complexity index is 4400. The summed E-state index contributed by atoms with van der Waals surface area (Å²) in [5.41, 5.74) is 8.31. The predicted molar refractivity (Wildman–Crippen MR) is 302 cm³/mol. The number of hydrogen-bond acceptors (Lipinski definition) is 1. The van der Waals surface area contributed by atoms with Crippen molar-refractivity contribution >= 4 is 60.4 Å². The summed E-state index contributed by atoms with van der Waals surface area (Å²) < 4.78 is 79.6. The van der Waals surface area contributed by atoms with E-state index in [-0.39, 0.29) is 40.5 Å². The van der Waals surface area contributed by atoms with Gasteiger partial charge in [0.05, 0.1) is 27.4 Å². The van der Waals surface area contributed by atoms with Gasteiger partial charge in [0.2, 0.25) is 0 Å². The van der Waals surface area contributed by atoms with Crippen LogP contribution in [-0.4, -0.2) is 4.57 Å². The van der Waals surface area contributed by atoms with E-state index in [1.54, 1.807) is 9.47 Å². The van der Waals surface area contributed by atoms with Crippen molar-refractivity contribution in [2.45, 2.75) is 11.8 Å². The van der Waals surface area contributed by atoms with Crippen LogP contribution in [0.15, 0.2) is 274 Å². The predicted octanol–water partition coefficient (Wildman–Crippen LogP) is 18.6. The summed E-state index contributed by atoms with van der Waals surface area (Å²) in [6.07, 6.45) is 4.54. The third-order valence-corrected chi connectivity index (χ3v) is 14.5. The molecule has 0 fully saturated rings. The molecule has 2 unspecified atom stereocenters. The molecule has 0 aliphatic heterocycles. The first kappa shape index (κ1) is 34.3. The Hall–Kier alpha value is -8.98. The van der Waals surface area contributed by atoms with Gasteiger partial charge in [-0.2, -0.15) is 0 Å². The maximum atomic E-state index is 10.0. The van der Waals surface area contributed by atoms with Gasteiger partial charge in [0.1, 0.15) is 0 Å². The normalized spacial score (nSPS) is 15.9. The van der Waals surface area contributed by atoms with Crippen LogP contribution < -0.4 is 4.90 Å². The molecule has 13 rings (SSSR count). The molecular formula is C69H50N2. The first-order valence-electron chi connectivity index (χ1n) is 28.0. The van der Waals surface area contributed by atoms with Gasteiger partial charge in [-0.1, -0.05) is 194 Å². The van der Waals surface area contributed by atoms with E-state index in [1.165, 1.54) is 0 Å². The number of rotatable bonds is 11. The number of benzene rings is 11. The zero-order valence-electron chi connectivity index (χ0n) is 46.8. The number of allylic oxidation sites excluding steroid dienone is 2. The average Bonchev–Trinajstić information content (AvgIpc) is 3.43. The van der Waals surface area contributed by atoms with Crippen LogP contribution >= 0.6 is 0 Å². The van der Waals surface area contributed by atoms with Gasteiger partial charge < -0.3 is 9.47 Å². The average molecular weight is 915 g/mol. The third-order valence-electron chi connectivity index (χ3n) is 14.5. The van der Waals surface area contributed by atoms with Crippen molar-refractivity contribution in [3.63, 3.8) is 0 Å². The Labute approximate surface area is 426 Å². The lowest BCUT2D eigenvalue weighted by molar-refractivity contribution is 0.461. The van der Waals surface area contributed by atoms with Crippen molar-refractivity contribution in [2.75, 3.05) is 4.90 Å². The molecule has 1 aliphatic rings. The zero-order valence-corrected chi connectivity index (χ0v) is 38.8. The van der Waals surface area contributed by atoms with Crippen molar-refractivity contribution in [1.82, 2.24) is 4.57 Å². The van der Waals surface area contributed by atoms with Crippen molar-refractivity contribution < 1.29 is 11.0 Å². The number of anilines is 3. The van der Waals surface area contributed by atoms with Crippen LogP contribution in [0.3, 0.4) is 0 Å². The van der Waals surface area contributed by atoms with E-state index in [1.807, 2.05) is 127 Å². The highest BCUT2D eigenvalue weighted by Gasteiger charge is 2.49. The lowest BCUT2D eigenvalue weighted by Crippen LogP contribution is -2.35. The summed E-state index contributed by atoms with van der Waals surface area (Å²) in [6, 6.07) is 63.5. The van der Waals surface area contributed by atoms with Crippen LogP contribution in [0.2, 0.25) is 0 Å². The monoisotopic (exact) mass is 914 g/mol. The third kappa shape index (κ3) is 6.71. The molecule has 1 heterocycles. The van der Waals surface area contributed by atoms with Crippen LogP contribution in [0.4, 0.5) is 17.1 Å². The Morgan fingerprint density at radius 3 is 1.70 bits per heavy atom. The highest BCUT2D eigenvalue weighted by Crippen LogP contribution is 2.58. The molecule has 0 saturated carbocycles. The molecule has 0 N–H and O–H groups in total. The van der Waals surface area contributed by atoms with E-state index < -0.39 is 41.7 Å². The van der Waals surface area contributed by atoms with Crippen LogP contribution in [-0.2, 0) is 5.41 Å². The van der Waals surface area contributed by atoms with Gasteiger partial charge in [0.25, 0.3) is 0 Å². The van der Waals surface area contributed by atoms with Gasteiger partial charge >= 0.3 is 0 Å². The van der Waals surface area contributed by atoms with E-state index in [4.69, 9.17) is 0 Å². The van der Waals surface area contributed by atoms with Crippen LogP contribution in [0.1, 0.15) is 34.1 Å². The van der Waals surface area contributed by atoms with Gasteiger partial charge in [-0.25, -0.2) is 0 Å². The lowest BCUT2D eigenvalue weighted by Gasteiger charge is -2.39. The van der Waals surface area contributed by atoms with Crippen LogP contribution in [0.5, 0.6) is 0 Å². The minimum atomic E-state index is -0.757. The molecule has 1 aromatic heterocycles. The minimum Gasteiger partial charge on any atom is -0.310 e. The molecule has 0 spiro atoms. The molecule has 0 amide bonds. The van der Waals surface area contributed by atoms with Crippen molar-refractivity contribution in [1.29, 1.82) is 0 Å². The number of fused-ring (bicyclic) bond motifs is 9. The van der Waals surface area contributed by atoms with E-state index in [2.05, 4.69) is 98.1 Å². The van der Waals surface area contributed by atoms with E-state index in [0.29, 0.717) is 28.8 Å². The van der Waals surface area contributed by atoms with Crippen molar-refractivity contribution in [2.24, 2.45) is 5.92 Å². The summed E-state index contributed by atoms with van der Waals surface area (Å²) in [5.74, 6) is -0.157. The molecule has 336 valence electrons. The first-order chi connectivity index (χ1) is 38.5. The fourth-order valence-corrected chi connectivity index (χ4v) is 11.4. The molecule has 2 atom stereocenters. The summed E-state index contributed by atoms with van der Waals surface area (Å²) in [4.78, 5) is 1.78. The van der Waals surface area contributed by atoms with Crippen LogP contribution in [0, 0.1) is 5.92 Å². The SMILES string of the molecule is [2H]c1c([2H])c(N(c2ccc(-c3cc4ccccc4c4ccccc34)cc2)c2ccc3c(c2)C(c2ccccc2)(C(C=C)CC=C)c2ccccc2-3)c([2H])c([2H])c1-c1c([2H])c([2H])c(-n2c3ccccc3c3ccccc32)c([2H])c1[2H]. The van der Waals surface area contributed by atoms with Gasteiger partial charge in [-0.3, -0.25) is 0 Å². The van der Waals surface area contributed by atoms with Crippen molar-refractivity contribution in [3.8, 4) is 39.1 Å². The van der Waals surface area contributed by atoms with Crippen molar-refractivity contribution in [3.05, 3.63) is 291 Å². The van der Waals surface area contributed by atoms with Gasteiger partial charge in [0.15, 0.2) is 0 Å². The molecule has 11 aromatic carbocycles. The Morgan fingerprint density at radius 2 is 1.01 bits per heavy atom. The largest absolute Gasteiger partial charge is 0.310 e. The molecular weight excluding hydrogens is 857 g/mol. The van der Waals surface area contributed by atoms with Gasteiger partial charge in [-0.15, -0.1) is 13.2 Å². The molecule has 0 saturated heterocycles. The smallest absolute Gasteiger partial charge is 0.0645 e. The second kappa shape index (κ2) is 17.2. The maximum Gasteiger partial charge on any atom is 0.0645 e. The summed E-state index contributed by atoms with van der Waals surface area (Å²) in [6.45, 7) is 8.59. The maximum absolute atomic E-state index is 10.0. The van der Waals surface area contributed by atoms with E-state index in [0.717, 1.165) is 71.3 Å². The zero-order chi connectivity index (χ0) is 54.4. The summed E-state index contributed by atoms with van der Waals surface area (Å²) in [7, 11) is 0. The lowest BCUT2D eigenvalue weighted by atomic mass is 9.63.